The van der Waals surface area contributed by atoms with Crippen LogP contribution < -0.4 is 14.8 Å². The lowest BCUT2D eigenvalue weighted by Crippen LogP contribution is -2.31. The lowest BCUT2D eigenvalue weighted by Gasteiger charge is -2.15. The van der Waals surface area contributed by atoms with Crippen molar-refractivity contribution in [1.82, 2.24) is 15.6 Å². The molecular weight excluding hydrogens is 421 g/mol. The second-order valence-corrected chi connectivity index (χ2v) is 7.10. The number of benzene rings is 1. The molecule has 156 valence electrons. The highest BCUT2D eigenvalue weighted by atomic mass is 35.5. The van der Waals surface area contributed by atoms with Crippen molar-refractivity contribution in [2.75, 3.05) is 13.2 Å². The van der Waals surface area contributed by atoms with Gasteiger partial charge < -0.3 is 28.9 Å². The summed E-state index contributed by atoms with van der Waals surface area (Å²) in [6.07, 6.45) is -0.753. The Kier molecular flexibility index (Phi) is 7.38. The van der Waals surface area contributed by atoms with E-state index in [2.05, 4.69) is 15.6 Å². The molecule has 2 N–H and O–H groups in total. The van der Waals surface area contributed by atoms with Crippen LogP contribution >= 0.6 is 23.2 Å². The second kappa shape index (κ2) is 9.98. The molecule has 0 saturated carbocycles. The molecule has 0 bridgehead atoms. The van der Waals surface area contributed by atoms with Gasteiger partial charge in [0.25, 0.3) is 0 Å². The highest BCUT2D eigenvalue weighted by molar-refractivity contribution is 6.32. The molecule has 0 spiro atoms. The van der Waals surface area contributed by atoms with E-state index in [4.69, 9.17) is 41.7 Å². The van der Waals surface area contributed by atoms with Crippen LogP contribution in [0.3, 0.4) is 0 Å². The predicted octanol–water partition coefficient (Wildman–Crippen LogP) is 3.69. The summed E-state index contributed by atoms with van der Waals surface area (Å²) in [6, 6.07) is 7.13. The van der Waals surface area contributed by atoms with Crippen LogP contribution in [-0.4, -0.2) is 34.7 Å². The fraction of sp³-hybridized carbons (Fsp3) is 0.368. The molecule has 29 heavy (non-hydrogen) atoms. The molecule has 1 atom stereocenters. The molecule has 3 rings (SSSR count). The number of halogens is 2. The van der Waals surface area contributed by atoms with Gasteiger partial charge in [0.15, 0.2) is 29.6 Å². The topological polar surface area (TPSA) is 103 Å². The molecule has 10 heteroatoms. The number of para-hydroxylation sites is 2. The van der Waals surface area contributed by atoms with Crippen molar-refractivity contribution >= 4 is 23.2 Å². The van der Waals surface area contributed by atoms with Crippen LogP contribution in [0, 0.1) is 13.8 Å². The molecule has 0 aliphatic rings. The van der Waals surface area contributed by atoms with Crippen LogP contribution in [0.5, 0.6) is 11.5 Å². The number of rotatable bonds is 10. The van der Waals surface area contributed by atoms with Crippen molar-refractivity contribution in [1.29, 1.82) is 0 Å². The lowest BCUT2D eigenvalue weighted by atomic mass is 10.3. The Morgan fingerprint density at radius 3 is 2.17 bits per heavy atom. The first-order chi connectivity index (χ1) is 14.0. The first-order valence-electron chi connectivity index (χ1n) is 8.90. The van der Waals surface area contributed by atoms with E-state index in [1.165, 1.54) is 0 Å². The fourth-order valence-corrected chi connectivity index (χ4v) is 2.70. The summed E-state index contributed by atoms with van der Waals surface area (Å²) in [6.45, 7) is 4.33. The summed E-state index contributed by atoms with van der Waals surface area (Å²) < 4.78 is 21.7. The first kappa shape index (κ1) is 21.4. The Morgan fingerprint density at radius 2 is 1.59 bits per heavy atom. The van der Waals surface area contributed by atoms with Crippen LogP contribution in [0.4, 0.5) is 0 Å². The molecule has 2 aromatic heterocycles. The van der Waals surface area contributed by atoms with E-state index in [-0.39, 0.29) is 19.8 Å². The number of aliphatic hydroxyl groups excluding tert-OH is 1. The summed E-state index contributed by atoms with van der Waals surface area (Å²) in [7, 11) is 0. The van der Waals surface area contributed by atoms with Gasteiger partial charge in [-0.1, -0.05) is 45.6 Å². The van der Waals surface area contributed by atoms with Crippen molar-refractivity contribution < 1.29 is 23.6 Å². The number of nitrogens with one attached hydrogen (secondary N) is 1. The summed E-state index contributed by atoms with van der Waals surface area (Å²) in [5, 5.41) is 21.7. The maximum Gasteiger partial charge on any atom is 0.192 e. The van der Waals surface area contributed by atoms with E-state index in [0.717, 1.165) is 0 Å². The van der Waals surface area contributed by atoms with Gasteiger partial charge in [-0.05, 0) is 26.0 Å². The molecule has 0 aliphatic carbocycles. The Hall–Kier alpha value is -2.26. The van der Waals surface area contributed by atoms with Gasteiger partial charge in [-0.25, -0.2) is 0 Å². The average Bonchev–Trinajstić information content (AvgIpc) is 3.21. The quantitative estimate of drug-likeness (QED) is 0.490. The lowest BCUT2D eigenvalue weighted by molar-refractivity contribution is 0.102. The van der Waals surface area contributed by atoms with Crippen molar-refractivity contribution in [3.05, 3.63) is 57.2 Å². The van der Waals surface area contributed by atoms with Crippen LogP contribution in [0.15, 0.2) is 33.3 Å². The first-order valence-corrected chi connectivity index (χ1v) is 9.66. The van der Waals surface area contributed by atoms with E-state index in [0.29, 0.717) is 51.0 Å². The van der Waals surface area contributed by atoms with Gasteiger partial charge in [-0.2, -0.15) is 0 Å². The largest absolute Gasteiger partial charge is 0.487 e. The maximum absolute atomic E-state index is 10.2. The van der Waals surface area contributed by atoms with E-state index in [9.17, 15) is 5.11 Å². The molecule has 2 heterocycles. The monoisotopic (exact) mass is 441 g/mol. The third-order valence-electron chi connectivity index (χ3n) is 4.02. The standard InChI is InChI=1S/C19H21Cl2N3O5/c1-11-18(20)16(28-23-11)8-22-7-13(25)9-26-14-5-3-4-6-15(14)27-10-17-19(21)12(2)24-29-17/h3-6,13,22,25H,7-10H2,1-2H3. The van der Waals surface area contributed by atoms with Crippen LogP contribution in [0.2, 0.25) is 10.0 Å². The highest BCUT2D eigenvalue weighted by Crippen LogP contribution is 2.29. The van der Waals surface area contributed by atoms with Gasteiger partial charge in [-0.15, -0.1) is 0 Å². The third-order valence-corrected chi connectivity index (χ3v) is 4.98. The molecule has 1 unspecified atom stereocenters. The van der Waals surface area contributed by atoms with E-state index < -0.39 is 6.10 Å². The number of aryl methyl sites for hydroxylation is 2. The van der Waals surface area contributed by atoms with Crippen molar-refractivity contribution in [2.24, 2.45) is 0 Å². The van der Waals surface area contributed by atoms with Crippen molar-refractivity contribution in [3.63, 3.8) is 0 Å². The van der Waals surface area contributed by atoms with Gasteiger partial charge in [0.05, 0.1) is 17.9 Å². The van der Waals surface area contributed by atoms with Crippen LogP contribution in [-0.2, 0) is 13.2 Å². The van der Waals surface area contributed by atoms with E-state index >= 15 is 0 Å². The zero-order chi connectivity index (χ0) is 20.8. The van der Waals surface area contributed by atoms with Crippen LogP contribution in [0.25, 0.3) is 0 Å². The molecule has 8 nitrogen and oxygen atoms in total. The molecule has 1 aromatic carbocycles. The normalized spacial score (nSPS) is 12.2. The average molecular weight is 442 g/mol. The minimum Gasteiger partial charge on any atom is -0.487 e. The van der Waals surface area contributed by atoms with Gasteiger partial charge in [-0.3, -0.25) is 0 Å². The van der Waals surface area contributed by atoms with E-state index in [1.54, 1.807) is 26.0 Å². The number of aromatic nitrogens is 2. The Labute approximate surface area is 177 Å². The molecule has 0 amide bonds. The van der Waals surface area contributed by atoms with E-state index in [1.807, 2.05) is 12.1 Å². The zero-order valence-electron chi connectivity index (χ0n) is 15.9. The highest BCUT2D eigenvalue weighted by Gasteiger charge is 2.14. The number of nitrogens with zero attached hydrogens (tertiary/aromatic N) is 2. The maximum atomic E-state index is 10.2. The number of hydrogen-bond acceptors (Lipinski definition) is 8. The number of hydrogen-bond donors (Lipinski definition) is 2. The van der Waals surface area contributed by atoms with Crippen LogP contribution in [0.1, 0.15) is 22.9 Å². The summed E-state index contributed by atoms with van der Waals surface area (Å²) in [5.74, 6) is 1.95. The second-order valence-electron chi connectivity index (χ2n) is 6.34. The Bertz CT molecular complexity index is 944. The molecular formula is C19H21Cl2N3O5. The Balaban J connectivity index is 1.47. The minimum atomic E-state index is -0.753. The van der Waals surface area contributed by atoms with Crippen molar-refractivity contribution in [2.45, 2.75) is 33.1 Å². The molecule has 3 aromatic rings. The fourth-order valence-electron chi connectivity index (χ4n) is 2.44. The van der Waals surface area contributed by atoms with Gasteiger partial charge in [0.2, 0.25) is 0 Å². The molecule has 0 saturated heterocycles. The van der Waals surface area contributed by atoms with Gasteiger partial charge >= 0.3 is 0 Å². The van der Waals surface area contributed by atoms with Gasteiger partial charge in [0, 0.05) is 6.54 Å². The van der Waals surface area contributed by atoms with Crippen molar-refractivity contribution in [3.8, 4) is 11.5 Å². The number of aliphatic hydroxyl groups is 1. The molecule has 0 radical (unpaired) electrons. The smallest absolute Gasteiger partial charge is 0.192 e. The summed E-state index contributed by atoms with van der Waals surface area (Å²) in [4.78, 5) is 0. The predicted molar refractivity (Wildman–Crippen MR) is 106 cm³/mol. The summed E-state index contributed by atoms with van der Waals surface area (Å²) in [5.41, 5.74) is 1.23. The molecule has 0 aliphatic heterocycles. The minimum absolute atomic E-state index is 0.0682. The Morgan fingerprint density at radius 1 is 1.00 bits per heavy atom. The molecule has 0 fully saturated rings. The third kappa shape index (κ3) is 5.63. The number of ether oxygens (including phenoxy) is 2. The van der Waals surface area contributed by atoms with Gasteiger partial charge in [0.1, 0.15) is 22.8 Å². The SMILES string of the molecule is Cc1noc(CNCC(O)COc2ccccc2OCc2onc(C)c2Cl)c1Cl. The summed E-state index contributed by atoms with van der Waals surface area (Å²) >= 11 is 12.1. The zero-order valence-corrected chi connectivity index (χ0v) is 17.5.